The average Bonchev–Trinajstić information content (AvgIpc) is 2.83. The molecule has 8 heteroatoms. The number of rotatable bonds is 7. The molecule has 8 nitrogen and oxygen atoms in total. The largest absolute Gasteiger partial charge is 0.379 e. The Hall–Kier alpha value is -2.22. The summed E-state index contributed by atoms with van der Waals surface area (Å²) in [5, 5.41) is 7.15. The predicted octanol–water partition coefficient (Wildman–Crippen LogP) is 0.0613. The Bertz CT molecular complexity index is 704. The third kappa shape index (κ3) is 3.91. The predicted molar refractivity (Wildman–Crippen MR) is 81.5 cm³/mol. The Morgan fingerprint density at radius 1 is 1.45 bits per heavy atom. The average molecular weight is 307 g/mol. The Labute approximate surface area is 128 Å². The van der Waals surface area contributed by atoms with Gasteiger partial charge in [-0.2, -0.15) is 5.10 Å². The third-order valence-electron chi connectivity index (χ3n) is 3.13. The lowest BCUT2D eigenvalue weighted by molar-refractivity contribution is -0.121. The number of carbonyl (C=O) groups excluding carboxylic acids is 1. The van der Waals surface area contributed by atoms with Crippen molar-refractivity contribution in [3.05, 3.63) is 22.9 Å². The normalized spacial score (nSPS) is 11.3. The van der Waals surface area contributed by atoms with Crippen LogP contribution in [-0.2, 0) is 23.1 Å². The molecule has 0 saturated heterocycles. The molecule has 22 heavy (non-hydrogen) atoms. The van der Waals surface area contributed by atoms with Crippen LogP contribution in [0.2, 0.25) is 0 Å². The van der Waals surface area contributed by atoms with E-state index in [9.17, 15) is 9.59 Å². The quantitative estimate of drug-likeness (QED) is 0.731. The molecule has 2 aromatic rings. The maximum absolute atomic E-state index is 12.2. The van der Waals surface area contributed by atoms with Crippen molar-refractivity contribution in [1.82, 2.24) is 24.6 Å². The molecule has 2 rings (SSSR count). The molecule has 0 aliphatic carbocycles. The lowest BCUT2D eigenvalue weighted by Crippen LogP contribution is -2.33. The number of carbonyl (C=O) groups is 1. The van der Waals surface area contributed by atoms with Crippen LogP contribution in [0.15, 0.2) is 17.3 Å². The molecule has 0 bridgehead atoms. The van der Waals surface area contributed by atoms with Crippen molar-refractivity contribution >= 4 is 16.9 Å². The second-order valence-corrected chi connectivity index (χ2v) is 5.31. The summed E-state index contributed by atoms with van der Waals surface area (Å²) in [6.07, 6.45) is 3.75. The topological polar surface area (TPSA) is 91.0 Å². The lowest BCUT2D eigenvalue weighted by atomic mass is 10.4. The van der Waals surface area contributed by atoms with E-state index in [1.807, 2.05) is 13.8 Å². The van der Waals surface area contributed by atoms with E-state index in [0.717, 1.165) is 6.42 Å². The van der Waals surface area contributed by atoms with Crippen molar-refractivity contribution in [2.45, 2.75) is 32.9 Å². The van der Waals surface area contributed by atoms with Gasteiger partial charge in [-0.15, -0.1) is 0 Å². The Balaban J connectivity index is 1.89. The highest BCUT2D eigenvalue weighted by Gasteiger charge is 2.10. The zero-order valence-electron chi connectivity index (χ0n) is 13.1. The Kier molecular flexibility index (Phi) is 5.26. The lowest BCUT2D eigenvalue weighted by Gasteiger charge is -2.09. The van der Waals surface area contributed by atoms with Crippen LogP contribution in [0.3, 0.4) is 0 Å². The standard InChI is InChI=1S/C14H21N5O3/c1-10(2)22-6-4-5-15-12(20)8-19-9-16-13-11(14(19)21)7-17-18(13)3/h7,9-10H,4-6,8H2,1-3H3,(H,15,20). The van der Waals surface area contributed by atoms with E-state index < -0.39 is 0 Å². The van der Waals surface area contributed by atoms with Gasteiger partial charge in [0.25, 0.3) is 5.56 Å². The molecule has 0 spiro atoms. The van der Waals surface area contributed by atoms with Gasteiger partial charge >= 0.3 is 0 Å². The van der Waals surface area contributed by atoms with Crippen LogP contribution < -0.4 is 10.9 Å². The van der Waals surface area contributed by atoms with E-state index in [1.165, 1.54) is 21.8 Å². The van der Waals surface area contributed by atoms with Crippen molar-refractivity contribution in [1.29, 1.82) is 0 Å². The summed E-state index contributed by atoms with van der Waals surface area (Å²) in [7, 11) is 1.71. The molecule has 0 aromatic carbocycles. The van der Waals surface area contributed by atoms with Crippen molar-refractivity contribution in [3.8, 4) is 0 Å². The minimum Gasteiger partial charge on any atom is -0.379 e. The number of aromatic nitrogens is 4. The smallest absolute Gasteiger partial charge is 0.264 e. The molecular weight excluding hydrogens is 286 g/mol. The first-order chi connectivity index (χ1) is 10.5. The molecule has 0 unspecified atom stereocenters. The van der Waals surface area contributed by atoms with Crippen molar-refractivity contribution in [2.24, 2.45) is 7.05 Å². The number of fused-ring (bicyclic) bond motifs is 1. The van der Waals surface area contributed by atoms with Gasteiger partial charge in [-0.25, -0.2) is 4.98 Å². The highest BCUT2D eigenvalue weighted by molar-refractivity contribution is 5.77. The number of hydrogen-bond donors (Lipinski definition) is 1. The highest BCUT2D eigenvalue weighted by atomic mass is 16.5. The SMILES string of the molecule is CC(C)OCCCNC(=O)Cn1cnc2c(cnn2C)c1=O. The first-order valence-corrected chi connectivity index (χ1v) is 7.24. The van der Waals surface area contributed by atoms with Gasteiger partial charge in [0.1, 0.15) is 18.3 Å². The fourth-order valence-corrected chi connectivity index (χ4v) is 2.01. The van der Waals surface area contributed by atoms with Gasteiger partial charge in [0, 0.05) is 20.2 Å². The van der Waals surface area contributed by atoms with Gasteiger partial charge in [-0.3, -0.25) is 18.8 Å². The van der Waals surface area contributed by atoms with E-state index in [0.29, 0.717) is 24.2 Å². The fourth-order valence-electron chi connectivity index (χ4n) is 2.01. The van der Waals surface area contributed by atoms with Crippen molar-refractivity contribution in [3.63, 3.8) is 0 Å². The number of nitrogens with zero attached hydrogens (tertiary/aromatic N) is 4. The molecule has 0 saturated carbocycles. The summed E-state index contributed by atoms with van der Waals surface area (Å²) in [5.41, 5.74) is 0.240. The van der Waals surface area contributed by atoms with E-state index in [2.05, 4.69) is 15.4 Å². The molecular formula is C14H21N5O3. The van der Waals surface area contributed by atoms with E-state index in [1.54, 1.807) is 7.05 Å². The molecule has 0 aliphatic heterocycles. The van der Waals surface area contributed by atoms with E-state index in [4.69, 9.17) is 4.74 Å². The summed E-state index contributed by atoms with van der Waals surface area (Å²) >= 11 is 0. The molecule has 0 aliphatic rings. The maximum Gasteiger partial charge on any atom is 0.264 e. The fraction of sp³-hybridized carbons (Fsp3) is 0.571. The van der Waals surface area contributed by atoms with Crippen LogP contribution in [0.4, 0.5) is 0 Å². The number of hydrogen-bond acceptors (Lipinski definition) is 5. The number of nitrogens with one attached hydrogen (secondary N) is 1. The van der Waals surface area contributed by atoms with Crippen molar-refractivity contribution in [2.75, 3.05) is 13.2 Å². The van der Waals surface area contributed by atoms with Gasteiger partial charge in [0.15, 0.2) is 5.65 Å². The molecule has 0 radical (unpaired) electrons. The van der Waals surface area contributed by atoms with Gasteiger partial charge in [-0.1, -0.05) is 0 Å². The summed E-state index contributed by atoms with van der Waals surface area (Å²) in [6, 6.07) is 0. The summed E-state index contributed by atoms with van der Waals surface area (Å²) in [4.78, 5) is 28.2. The molecule has 0 atom stereocenters. The Morgan fingerprint density at radius 3 is 2.95 bits per heavy atom. The van der Waals surface area contributed by atoms with Crippen LogP contribution in [0.1, 0.15) is 20.3 Å². The van der Waals surface area contributed by atoms with Crippen LogP contribution in [0.25, 0.3) is 11.0 Å². The minimum atomic E-state index is -0.267. The zero-order valence-corrected chi connectivity index (χ0v) is 13.1. The highest BCUT2D eigenvalue weighted by Crippen LogP contribution is 2.02. The molecule has 120 valence electrons. The van der Waals surface area contributed by atoms with Crippen LogP contribution in [0, 0.1) is 0 Å². The van der Waals surface area contributed by atoms with Gasteiger partial charge in [-0.05, 0) is 20.3 Å². The zero-order chi connectivity index (χ0) is 16.1. The van der Waals surface area contributed by atoms with Gasteiger partial charge in [0.05, 0.1) is 12.3 Å². The van der Waals surface area contributed by atoms with Crippen LogP contribution in [-0.4, -0.2) is 44.5 Å². The van der Waals surface area contributed by atoms with Crippen LogP contribution in [0.5, 0.6) is 0 Å². The molecule has 0 fully saturated rings. The first kappa shape index (κ1) is 16.2. The molecule has 1 amide bonds. The molecule has 2 heterocycles. The Morgan fingerprint density at radius 2 is 2.23 bits per heavy atom. The number of amides is 1. The van der Waals surface area contributed by atoms with Crippen LogP contribution >= 0.6 is 0 Å². The maximum atomic E-state index is 12.2. The molecule has 2 aromatic heterocycles. The molecule has 1 N–H and O–H groups in total. The number of aryl methyl sites for hydroxylation is 1. The summed E-state index contributed by atoms with van der Waals surface area (Å²) in [5.74, 6) is -0.225. The van der Waals surface area contributed by atoms with E-state index in [-0.39, 0.29) is 24.1 Å². The van der Waals surface area contributed by atoms with E-state index >= 15 is 0 Å². The third-order valence-corrected chi connectivity index (χ3v) is 3.13. The second-order valence-electron chi connectivity index (χ2n) is 5.31. The minimum absolute atomic E-state index is 0.0539. The van der Waals surface area contributed by atoms with Gasteiger partial charge in [0.2, 0.25) is 5.91 Å². The van der Waals surface area contributed by atoms with Crippen molar-refractivity contribution < 1.29 is 9.53 Å². The summed E-state index contributed by atoms with van der Waals surface area (Å²) in [6.45, 7) is 4.99. The van der Waals surface area contributed by atoms with Gasteiger partial charge < -0.3 is 10.1 Å². The number of ether oxygens (including phenoxy) is 1. The summed E-state index contributed by atoms with van der Waals surface area (Å²) < 4.78 is 8.19. The first-order valence-electron chi connectivity index (χ1n) is 7.24. The monoisotopic (exact) mass is 307 g/mol. The second kappa shape index (κ2) is 7.17.